The minimum absolute atomic E-state index is 0.0938. The number of hydrogen-bond donors (Lipinski definition) is 6. The highest BCUT2D eigenvalue weighted by atomic mass is 31.2. The van der Waals surface area contributed by atoms with Gasteiger partial charge in [-0.1, -0.05) is 224 Å². The summed E-state index contributed by atoms with van der Waals surface area (Å²) in [4.78, 5) is 35.9. The summed E-state index contributed by atoms with van der Waals surface area (Å²) in [6.45, 7) is 3.32. The van der Waals surface area contributed by atoms with Crippen LogP contribution < -0.4 is 0 Å². The molecule has 0 aliphatic heterocycles. The molecule has 1 fully saturated rings. The van der Waals surface area contributed by atoms with E-state index in [1.165, 1.54) is 167 Å². The molecule has 1 aliphatic carbocycles. The lowest BCUT2D eigenvalue weighted by molar-refractivity contribution is -0.220. The highest BCUT2D eigenvalue weighted by Gasteiger charge is 2.51. The monoisotopic (exact) mass is 1000 g/mol. The van der Waals surface area contributed by atoms with Gasteiger partial charge >= 0.3 is 19.8 Å². The molecule has 406 valence electrons. The smallest absolute Gasteiger partial charge is 0.462 e. The first kappa shape index (κ1) is 65.3. The number of hydrogen-bond acceptors (Lipinski definition) is 12. The first-order chi connectivity index (χ1) is 33.4. The Balaban J connectivity index is 2.36. The largest absolute Gasteiger partial charge is 0.472 e. The van der Waals surface area contributed by atoms with E-state index in [1.807, 2.05) is 6.08 Å². The maximum Gasteiger partial charge on any atom is 0.472 e. The first-order valence-electron chi connectivity index (χ1n) is 28.1. The SMILES string of the molecule is CCCCCCCCCCCCCCCC/C=C/CC/C=C/CCCC(=O)OC[C@@H](COP(=O)(O)OC1C(O)C(O)C(O)[C@H](O)C1O)OC(=O)CCCCCCCCCCCCCCCCCCC. The van der Waals surface area contributed by atoms with E-state index in [0.29, 0.717) is 19.3 Å². The molecule has 0 aromatic rings. The molecule has 6 N–H and O–H groups in total. The summed E-state index contributed by atoms with van der Waals surface area (Å²) in [6, 6.07) is 0. The van der Waals surface area contributed by atoms with E-state index >= 15 is 0 Å². The molecule has 0 aromatic heterocycles. The molecule has 13 nitrogen and oxygen atoms in total. The van der Waals surface area contributed by atoms with Crippen LogP contribution in [0.3, 0.4) is 0 Å². The number of phosphoric ester groups is 1. The zero-order chi connectivity index (χ0) is 50.6. The molecule has 6 unspecified atom stereocenters. The fourth-order valence-electron chi connectivity index (χ4n) is 8.78. The zero-order valence-corrected chi connectivity index (χ0v) is 44.5. The van der Waals surface area contributed by atoms with Crippen LogP contribution in [0.4, 0.5) is 0 Å². The molecule has 0 radical (unpaired) electrons. The third-order valence-corrected chi connectivity index (χ3v) is 14.3. The standard InChI is InChI=1S/C55H103O13P/c1-3-5-7-9-11-13-15-17-19-21-22-23-24-25-26-28-29-31-33-35-37-39-41-43-48(56)65-45-47(46-66-69(63,64)68-55-53(61)51(59)50(58)52(60)54(55)62)67-49(57)44-42-40-38-36-34-32-30-27-20-18-16-14-12-10-8-6-4-2/h28-29,35,37,47,50-55,58-62H,3-27,30-34,36,38-46H2,1-2H3,(H,63,64)/b29-28+,37-35+/t47-,50?,51-,52?,53?,54?,55?/m0/s1. The van der Waals surface area contributed by atoms with Crippen molar-refractivity contribution < 1.29 is 63.1 Å². The number of aliphatic hydroxyl groups is 5. The van der Waals surface area contributed by atoms with E-state index in [1.54, 1.807) is 0 Å². The Morgan fingerprint density at radius 2 is 0.768 bits per heavy atom. The molecule has 0 bridgehead atoms. The van der Waals surface area contributed by atoms with E-state index in [9.17, 15) is 44.6 Å². The maximum absolute atomic E-state index is 12.9. The third kappa shape index (κ3) is 36.8. The van der Waals surface area contributed by atoms with Crippen LogP contribution in [0.1, 0.15) is 258 Å². The number of carbonyl (C=O) groups excluding carboxylic acids is 2. The Morgan fingerprint density at radius 3 is 1.19 bits per heavy atom. The molecule has 0 saturated heterocycles. The molecule has 0 amide bonds. The van der Waals surface area contributed by atoms with Gasteiger partial charge in [-0.3, -0.25) is 18.6 Å². The van der Waals surface area contributed by atoms with Gasteiger partial charge in [-0.25, -0.2) is 4.57 Å². The number of aliphatic hydroxyl groups excluding tert-OH is 5. The Kier molecular flexibility index (Phi) is 42.6. The van der Waals surface area contributed by atoms with Gasteiger partial charge in [0.1, 0.15) is 43.2 Å². The molecule has 14 heteroatoms. The molecule has 0 aromatic carbocycles. The molecule has 1 aliphatic rings. The number of carbonyl (C=O) groups is 2. The Hall–Kier alpha value is -1.67. The van der Waals surface area contributed by atoms with Gasteiger partial charge in [0.05, 0.1) is 6.61 Å². The summed E-state index contributed by atoms with van der Waals surface area (Å²) in [7, 11) is -5.13. The van der Waals surface area contributed by atoms with Crippen molar-refractivity contribution in [3.63, 3.8) is 0 Å². The van der Waals surface area contributed by atoms with Crippen LogP contribution in [-0.4, -0.2) is 98.3 Å². The van der Waals surface area contributed by atoms with E-state index in [-0.39, 0.29) is 12.8 Å². The van der Waals surface area contributed by atoms with Gasteiger partial charge in [-0.05, 0) is 44.9 Å². The highest BCUT2D eigenvalue weighted by Crippen LogP contribution is 2.47. The van der Waals surface area contributed by atoms with Crippen LogP contribution in [0.5, 0.6) is 0 Å². The van der Waals surface area contributed by atoms with Gasteiger partial charge in [0.2, 0.25) is 0 Å². The number of ether oxygens (including phenoxy) is 2. The van der Waals surface area contributed by atoms with Crippen molar-refractivity contribution >= 4 is 19.8 Å². The van der Waals surface area contributed by atoms with Crippen LogP contribution in [0.2, 0.25) is 0 Å². The second kappa shape index (κ2) is 45.0. The number of allylic oxidation sites excluding steroid dienone is 4. The van der Waals surface area contributed by atoms with Crippen LogP contribution >= 0.6 is 7.82 Å². The Labute approximate surface area is 419 Å². The molecule has 0 spiro atoms. The number of unbranched alkanes of at least 4 members (excludes halogenated alkanes) is 32. The number of esters is 2. The van der Waals surface area contributed by atoms with Crippen molar-refractivity contribution in [3.05, 3.63) is 24.3 Å². The highest BCUT2D eigenvalue weighted by molar-refractivity contribution is 7.47. The summed E-state index contributed by atoms with van der Waals surface area (Å²) in [5, 5.41) is 50.3. The minimum atomic E-state index is -5.13. The Bertz CT molecular complexity index is 1300. The van der Waals surface area contributed by atoms with E-state index in [4.69, 9.17) is 18.5 Å². The van der Waals surface area contributed by atoms with Gasteiger partial charge in [0.15, 0.2) is 6.10 Å². The van der Waals surface area contributed by atoms with E-state index in [0.717, 1.165) is 44.9 Å². The van der Waals surface area contributed by atoms with Gasteiger partial charge < -0.3 is 39.9 Å². The predicted molar refractivity (Wildman–Crippen MR) is 277 cm³/mol. The molecule has 8 atom stereocenters. The quantitative estimate of drug-likeness (QED) is 0.0145. The van der Waals surface area contributed by atoms with Crippen LogP contribution in [-0.2, 0) is 32.7 Å². The van der Waals surface area contributed by atoms with Crippen LogP contribution in [0, 0.1) is 0 Å². The van der Waals surface area contributed by atoms with Crippen LogP contribution in [0.15, 0.2) is 24.3 Å². The summed E-state index contributed by atoms with van der Waals surface area (Å²) in [5.74, 6) is -1.13. The molecule has 1 saturated carbocycles. The Morgan fingerprint density at radius 1 is 0.435 bits per heavy atom. The minimum Gasteiger partial charge on any atom is -0.462 e. The van der Waals surface area contributed by atoms with Crippen molar-refractivity contribution in [1.29, 1.82) is 0 Å². The van der Waals surface area contributed by atoms with E-state index in [2.05, 4.69) is 32.1 Å². The fraction of sp³-hybridized carbons (Fsp3) is 0.891. The predicted octanol–water partition coefficient (Wildman–Crippen LogP) is 12.7. The van der Waals surface area contributed by atoms with Gasteiger partial charge in [-0.15, -0.1) is 0 Å². The summed E-state index contributed by atoms with van der Waals surface area (Å²) in [5.41, 5.74) is 0. The van der Waals surface area contributed by atoms with Crippen molar-refractivity contribution in [3.8, 4) is 0 Å². The van der Waals surface area contributed by atoms with E-state index < -0.39 is 75.7 Å². The average Bonchev–Trinajstić information content (AvgIpc) is 3.33. The maximum atomic E-state index is 12.9. The molecule has 0 heterocycles. The second-order valence-electron chi connectivity index (χ2n) is 19.8. The number of rotatable bonds is 48. The lowest BCUT2D eigenvalue weighted by Gasteiger charge is -2.41. The van der Waals surface area contributed by atoms with Crippen molar-refractivity contribution in [1.82, 2.24) is 0 Å². The van der Waals surface area contributed by atoms with Crippen molar-refractivity contribution in [2.75, 3.05) is 13.2 Å². The first-order valence-corrected chi connectivity index (χ1v) is 29.6. The molecular formula is C55H103O13P. The fourth-order valence-corrected chi connectivity index (χ4v) is 9.75. The van der Waals surface area contributed by atoms with Gasteiger partial charge in [0, 0.05) is 12.8 Å². The third-order valence-electron chi connectivity index (χ3n) is 13.3. The average molecular weight is 1000 g/mol. The van der Waals surface area contributed by atoms with Gasteiger partial charge in [-0.2, -0.15) is 0 Å². The topological polar surface area (TPSA) is 210 Å². The lowest BCUT2D eigenvalue weighted by Crippen LogP contribution is -2.64. The lowest BCUT2D eigenvalue weighted by atomic mass is 9.85. The zero-order valence-electron chi connectivity index (χ0n) is 43.6. The molecule has 69 heavy (non-hydrogen) atoms. The van der Waals surface area contributed by atoms with Gasteiger partial charge in [0.25, 0.3) is 0 Å². The summed E-state index contributed by atoms with van der Waals surface area (Å²) in [6.07, 6.45) is 39.5. The number of phosphoric acid groups is 1. The summed E-state index contributed by atoms with van der Waals surface area (Å²) < 4.78 is 33.7. The van der Waals surface area contributed by atoms with Crippen molar-refractivity contribution in [2.24, 2.45) is 0 Å². The van der Waals surface area contributed by atoms with Crippen molar-refractivity contribution in [2.45, 2.75) is 301 Å². The summed E-state index contributed by atoms with van der Waals surface area (Å²) >= 11 is 0. The molecular weight excluding hydrogens is 900 g/mol. The normalized spacial score (nSPS) is 21.0. The second-order valence-corrected chi connectivity index (χ2v) is 21.2. The van der Waals surface area contributed by atoms with Crippen LogP contribution in [0.25, 0.3) is 0 Å². The molecule has 1 rings (SSSR count).